The zero-order valence-corrected chi connectivity index (χ0v) is 10.5. The van der Waals surface area contributed by atoms with E-state index in [9.17, 15) is 4.39 Å². The zero-order valence-electron chi connectivity index (χ0n) is 10.5. The van der Waals surface area contributed by atoms with Crippen LogP contribution in [-0.2, 0) is 0 Å². The van der Waals surface area contributed by atoms with Crippen molar-refractivity contribution in [1.29, 1.82) is 0 Å². The lowest BCUT2D eigenvalue weighted by molar-refractivity contribution is 0.636. The molecule has 0 aromatic carbocycles. The molecule has 0 aliphatic rings. The molecule has 0 atom stereocenters. The minimum absolute atomic E-state index is 0.500. The van der Waals surface area contributed by atoms with Crippen molar-refractivity contribution < 1.29 is 4.39 Å². The van der Waals surface area contributed by atoms with E-state index in [-0.39, 0.29) is 0 Å². The number of allylic oxidation sites excluding steroid dienone is 4. The third-order valence-electron chi connectivity index (χ3n) is 0. The fourth-order valence-corrected chi connectivity index (χ4v) is 0. The Kier molecular flexibility index (Phi) is 353. The quantitative estimate of drug-likeness (QED) is 0.464. The van der Waals surface area contributed by atoms with E-state index in [0.717, 1.165) is 0 Å². The van der Waals surface area contributed by atoms with Crippen LogP contribution in [0.3, 0.4) is 0 Å². The molecule has 0 aromatic heterocycles. The molecular weight excluding hydrogens is 175 g/mol. The third kappa shape index (κ3) is 865. The molecule has 86 valence electrons. The maximum absolute atomic E-state index is 9.50. The van der Waals surface area contributed by atoms with Gasteiger partial charge in [-0.05, 0) is 27.7 Å². The fourth-order valence-electron chi connectivity index (χ4n) is 0. The van der Waals surface area contributed by atoms with Gasteiger partial charge < -0.3 is 0 Å². The summed E-state index contributed by atoms with van der Waals surface area (Å²) in [7, 11) is 0.500. The molecule has 0 aliphatic carbocycles. The van der Waals surface area contributed by atoms with Gasteiger partial charge in [0.1, 0.15) is 0 Å². The van der Waals surface area contributed by atoms with Crippen LogP contribution < -0.4 is 0 Å². The Bertz CT molecular complexity index is 59.2. The van der Waals surface area contributed by atoms with Gasteiger partial charge in [0.15, 0.2) is 0 Å². The summed E-state index contributed by atoms with van der Waals surface area (Å²) in [4.78, 5) is 0. The van der Waals surface area contributed by atoms with E-state index in [1.54, 1.807) is 24.3 Å². The minimum atomic E-state index is 0.500. The highest BCUT2D eigenvalue weighted by Crippen LogP contribution is 1.39. The Hall–Kier alpha value is -1.11. The van der Waals surface area contributed by atoms with E-state index in [1.807, 2.05) is 27.7 Å². The van der Waals surface area contributed by atoms with Crippen molar-refractivity contribution in [2.75, 3.05) is 7.18 Å². The van der Waals surface area contributed by atoms with Gasteiger partial charge in [-0.25, -0.2) is 0 Å². The summed E-state index contributed by atoms with van der Waals surface area (Å²) >= 11 is 0. The largest absolute Gasteiger partial charge is 0.255 e. The molecule has 0 aromatic rings. The van der Waals surface area contributed by atoms with Crippen LogP contribution in [0.4, 0.5) is 4.39 Å². The van der Waals surface area contributed by atoms with Gasteiger partial charge in [0.25, 0.3) is 0 Å². The van der Waals surface area contributed by atoms with Crippen molar-refractivity contribution >= 4 is 0 Å². The lowest BCUT2D eigenvalue weighted by atomic mass is 10.8. The van der Waals surface area contributed by atoms with Gasteiger partial charge in [-0.1, -0.05) is 24.3 Å². The number of hydrogen-bond acceptors (Lipinski definition) is 0. The highest BCUT2D eigenvalue weighted by Gasteiger charge is 1.15. The smallest absolute Gasteiger partial charge is 0.0785 e. The summed E-state index contributed by atoms with van der Waals surface area (Å²) in [6, 6.07) is 0. The monoisotopic (exact) mass is 202 g/mol. The second-order valence-electron chi connectivity index (χ2n) is 1.63. The number of halogens is 1. The molecule has 0 saturated carbocycles. The third-order valence-corrected chi connectivity index (χ3v) is 0. The molecule has 0 radical (unpaired) electrons. The summed E-state index contributed by atoms with van der Waals surface area (Å²) in [5, 5.41) is 0. The first kappa shape index (κ1) is 29.3. The van der Waals surface area contributed by atoms with Crippen molar-refractivity contribution in [1.82, 2.24) is 0 Å². The Balaban J connectivity index is -0.0000000243. The molecule has 0 aliphatic heterocycles. The van der Waals surface area contributed by atoms with Crippen molar-refractivity contribution in [2.24, 2.45) is 0 Å². The summed E-state index contributed by atoms with van der Waals surface area (Å²) in [5.41, 5.74) is 0. The van der Waals surface area contributed by atoms with E-state index < -0.39 is 0 Å². The summed E-state index contributed by atoms with van der Waals surface area (Å²) in [6.45, 7) is 21.0. The summed E-state index contributed by atoms with van der Waals surface area (Å²) in [5.74, 6) is 0. The molecule has 0 spiro atoms. The van der Waals surface area contributed by atoms with Crippen LogP contribution in [0.1, 0.15) is 27.7 Å². The fraction of sp³-hybridized carbons (Fsp3) is 0.385. The lowest BCUT2D eigenvalue weighted by Gasteiger charge is -1.31. The van der Waals surface area contributed by atoms with Crippen LogP contribution >= 0.6 is 0 Å². The van der Waals surface area contributed by atoms with E-state index in [0.29, 0.717) is 7.18 Å². The molecule has 1 heteroatoms. The maximum Gasteiger partial charge on any atom is 0.0785 e. The molecule has 0 amide bonds. The van der Waals surface area contributed by atoms with Gasteiger partial charge in [0.05, 0.1) is 7.18 Å². The normalized spacial score (nSPS) is 4.14. The molecule has 0 rings (SSSR count). The van der Waals surface area contributed by atoms with Gasteiger partial charge >= 0.3 is 0 Å². The second-order valence-corrected chi connectivity index (χ2v) is 1.63. The molecule has 0 unspecified atom stereocenters. The van der Waals surface area contributed by atoms with Crippen molar-refractivity contribution in [3.63, 3.8) is 0 Å². The number of alkyl halides is 1. The molecule has 0 fully saturated rings. The topological polar surface area (TPSA) is 0 Å². The molecule has 14 heavy (non-hydrogen) atoms. The minimum Gasteiger partial charge on any atom is -0.255 e. The average Bonchev–Trinajstić information content (AvgIpc) is 2.12. The van der Waals surface area contributed by atoms with Gasteiger partial charge in [-0.2, -0.15) is 0 Å². The molecule has 0 nitrogen and oxygen atoms in total. The predicted molar refractivity (Wildman–Crippen MR) is 70.5 cm³/mol. The van der Waals surface area contributed by atoms with Crippen LogP contribution in [0.2, 0.25) is 0 Å². The first-order chi connectivity index (χ1) is 6.66. The van der Waals surface area contributed by atoms with Crippen LogP contribution in [-0.4, -0.2) is 7.18 Å². The van der Waals surface area contributed by atoms with Gasteiger partial charge in [-0.15, -0.1) is 26.3 Å². The van der Waals surface area contributed by atoms with E-state index in [1.165, 1.54) is 0 Å². The Morgan fingerprint density at radius 2 is 0.571 bits per heavy atom. The Morgan fingerprint density at radius 1 is 0.571 bits per heavy atom. The van der Waals surface area contributed by atoms with Crippen LogP contribution in [0.25, 0.3) is 0 Å². The van der Waals surface area contributed by atoms with Crippen LogP contribution in [0, 0.1) is 0 Å². The van der Waals surface area contributed by atoms with E-state index in [4.69, 9.17) is 0 Å². The van der Waals surface area contributed by atoms with Gasteiger partial charge in [-0.3, -0.25) is 4.39 Å². The standard InChI is InChI=1S/4C3H6.CH3F/c4*1-3-2;1-2/h4*3H,1H2,2H3;1H3. The highest BCUT2D eigenvalue weighted by molar-refractivity contribution is 4.52. The summed E-state index contributed by atoms with van der Waals surface area (Å²) < 4.78 is 9.50. The van der Waals surface area contributed by atoms with Crippen LogP contribution in [0.5, 0.6) is 0 Å². The second kappa shape index (κ2) is 169. The molecular formula is C13H27F. The maximum atomic E-state index is 9.50. The first-order valence-electron chi connectivity index (χ1n) is 4.32. The lowest BCUT2D eigenvalue weighted by Crippen LogP contribution is -1.07. The predicted octanol–water partition coefficient (Wildman–Crippen LogP) is 5.35. The average molecular weight is 202 g/mol. The van der Waals surface area contributed by atoms with E-state index >= 15 is 0 Å². The molecule has 0 N–H and O–H groups in total. The van der Waals surface area contributed by atoms with Gasteiger partial charge in [0.2, 0.25) is 0 Å². The Morgan fingerprint density at radius 3 is 0.571 bits per heavy atom. The van der Waals surface area contributed by atoms with E-state index in [2.05, 4.69) is 26.3 Å². The molecule has 0 bridgehead atoms. The van der Waals surface area contributed by atoms with Gasteiger partial charge in [0, 0.05) is 0 Å². The van der Waals surface area contributed by atoms with Crippen LogP contribution in [0.15, 0.2) is 50.6 Å². The summed E-state index contributed by atoms with van der Waals surface area (Å²) in [6.07, 6.45) is 7.00. The SMILES string of the molecule is C=CC.C=CC.C=CC.C=CC.CF. The van der Waals surface area contributed by atoms with Crippen molar-refractivity contribution in [2.45, 2.75) is 27.7 Å². The number of rotatable bonds is 0. The molecule has 0 saturated heterocycles. The highest BCUT2D eigenvalue weighted by atomic mass is 19.1. The zero-order chi connectivity index (χ0) is 12.8. The Labute approximate surface area is 90.5 Å². The van der Waals surface area contributed by atoms with Crippen molar-refractivity contribution in [3.05, 3.63) is 50.6 Å². The number of hydrogen-bond donors (Lipinski definition) is 0. The first-order valence-corrected chi connectivity index (χ1v) is 4.32. The van der Waals surface area contributed by atoms with Crippen molar-refractivity contribution in [3.8, 4) is 0 Å². The molecule has 0 heterocycles.